The molecule has 1 saturated heterocycles. The highest BCUT2D eigenvalue weighted by atomic mass is 16.7. The normalized spacial score (nSPS) is 22.4. The van der Waals surface area contributed by atoms with Crippen molar-refractivity contribution in [2.24, 2.45) is 0 Å². The zero-order valence-electron chi connectivity index (χ0n) is 11.6. The molecule has 2 atom stereocenters. The van der Waals surface area contributed by atoms with E-state index in [9.17, 15) is 0 Å². The van der Waals surface area contributed by atoms with E-state index in [2.05, 4.69) is 30.2 Å². The minimum Gasteiger partial charge on any atom is -0.338 e. The summed E-state index contributed by atoms with van der Waals surface area (Å²) in [7, 11) is 0. The van der Waals surface area contributed by atoms with Crippen molar-refractivity contribution in [3.63, 3.8) is 0 Å². The van der Waals surface area contributed by atoms with E-state index in [1.54, 1.807) is 12.2 Å². The topological polar surface area (TPSA) is 18.5 Å². The van der Waals surface area contributed by atoms with Crippen molar-refractivity contribution in [1.29, 1.82) is 0 Å². The second kappa shape index (κ2) is 6.41. The number of benzene rings is 2. The Kier molecular flexibility index (Phi) is 4.16. The summed E-state index contributed by atoms with van der Waals surface area (Å²) < 4.78 is 12.0. The Labute approximate surface area is 125 Å². The van der Waals surface area contributed by atoms with Crippen LogP contribution in [0, 0.1) is 12.3 Å². The summed E-state index contributed by atoms with van der Waals surface area (Å²) in [6.45, 7) is 0. The van der Waals surface area contributed by atoms with E-state index in [0.717, 1.165) is 11.1 Å². The molecular weight excluding hydrogens is 260 g/mol. The molecule has 2 aromatic rings. The molecule has 3 rings (SSSR count). The molecule has 2 aromatic carbocycles. The number of allylic oxidation sites excluding steroid dienone is 1. The van der Waals surface area contributed by atoms with Crippen LogP contribution in [0.1, 0.15) is 23.3 Å². The summed E-state index contributed by atoms with van der Waals surface area (Å²) in [5.74, 6) is 2.46. The third-order valence-electron chi connectivity index (χ3n) is 3.44. The van der Waals surface area contributed by atoms with Crippen LogP contribution in [0.3, 0.4) is 0 Å². The Bertz CT molecular complexity index is 593. The standard InChI is InChI=1S/C19H16O2/c1-2-3-14-17-20-18(15-10-6-4-7-11-15)19(21-17)16-12-8-5-9-13-16/h1,3-14,17-19H/b14-3+/t18-,19-/m1/s1. The second-order valence-electron chi connectivity index (χ2n) is 4.83. The Morgan fingerprint density at radius 1 is 0.810 bits per heavy atom. The second-order valence-corrected chi connectivity index (χ2v) is 4.83. The summed E-state index contributed by atoms with van der Waals surface area (Å²) in [6, 6.07) is 20.2. The lowest BCUT2D eigenvalue weighted by Gasteiger charge is -2.17. The van der Waals surface area contributed by atoms with Gasteiger partial charge in [-0.15, -0.1) is 6.42 Å². The lowest BCUT2D eigenvalue weighted by atomic mass is 9.99. The quantitative estimate of drug-likeness (QED) is 0.788. The van der Waals surface area contributed by atoms with Gasteiger partial charge in [0.2, 0.25) is 0 Å². The predicted octanol–water partition coefficient (Wildman–Crippen LogP) is 4.03. The van der Waals surface area contributed by atoms with Gasteiger partial charge in [-0.3, -0.25) is 0 Å². The average Bonchev–Trinajstić information content (AvgIpc) is 2.99. The maximum atomic E-state index is 6.01. The van der Waals surface area contributed by atoms with E-state index in [1.165, 1.54) is 0 Å². The van der Waals surface area contributed by atoms with Gasteiger partial charge in [0.15, 0.2) is 6.29 Å². The molecule has 0 saturated carbocycles. The minimum atomic E-state index is -0.420. The zero-order chi connectivity index (χ0) is 14.5. The molecule has 1 aliphatic heterocycles. The Hall–Kier alpha value is -2.34. The highest BCUT2D eigenvalue weighted by molar-refractivity contribution is 5.26. The van der Waals surface area contributed by atoms with Gasteiger partial charge >= 0.3 is 0 Å². The van der Waals surface area contributed by atoms with Crippen LogP contribution < -0.4 is 0 Å². The van der Waals surface area contributed by atoms with Gasteiger partial charge in [-0.05, 0) is 23.3 Å². The van der Waals surface area contributed by atoms with Crippen molar-refractivity contribution >= 4 is 0 Å². The number of terminal acetylenes is 1. The highest BCUT2D eigenvalue weighted by Gasteiger charge is 2.36. The monoisotopic (exact) mass is 276 g/mol. The third-order valence-corrected chi connectivity index (χ3v) is 3.44. The zero-order valence-corrected chi connectivity index (χ0v) is 11.6. The summed E-state index contributed by atoms with van der Waals surface area (Å²) in [6.07, 6.45) is 7.93. The molecule has 0 bridgehead atoms. The Balaban J connectivity index is 1.91. The highest BCUT2D eigenvalue weighted by Crippen LogP contribution is 2.42. The minimum absolute atomic E-state index is 0.138. The summed E-state index contributed by atoms with van der Waals surface area (Å²) in [5.41, 5.74) is 2.20. The number of ether oxygens (including phenoxy) is 2. The van der Waals surface area contributed by atoms with Crippen LogP contribution >= 0.6 is 0 Å². The van der Waals surface area contributed by atoms with Crippen LogP contribution in [0.4, 0.5) is 0 Å². The largest absolute Gasteiger partial charge is 0.338 e. The van der Waals surface area contributed by atoms with Crippen LogP contribution in [0.15, 0.2) is 72.8 Å². The molecule has 0 unspecified atom stereocenters. The van der Waals surface area contributed by atoms with Crippen LogP contribution in [0.2, 0.25) is 0 Å². The van der Waals surface area contributed by atoms with Gasteiger partial charge in [0.25, 0.3) is 0 Å². The van der Waals surface area contributed by atoms with Gasteiger partial charge in [0, 0.05) is 0 Å². The summed E-state index contributed by atoms with van der Waals surface area (Å²) in [5, 5.41) is 0. The van der Waals surface area contributed by atoms with Gasteiger partial charge < -0.3 is 9.47 Å². The first-order valence-electron chi connectivity index (χ1n) is 6.92. The summed E-state index contributed by atoms with van der Waals surface area (Å²) in [4.78, 5) is 0. The van der Waals surface area contributed by atoms with Crippen LogP contribution in [-0.2, 0) is 9.47 Å². The van der Waals surface area contributed by atoms with Gasteiger partial charge in [-0.2, -0.15) is 0 Å². The maximum absolute atomic E-state index is 6.01. The van der Waals surface area contributed by atoms with Crippen molar-refractivity contribution in [3.8, 4) is 12.3 Å². The smallest absolute Gasteiger partial charge is 0.179 e. The first-order chi connectivity index (χ1) is 10.4. The Morgan fingerprint density at radius 2 is 1.29 bits per heavy atom. The fourth-order valence-corrected chi connectivity index (χ4v) is 2.48. The third kappa shape index (κ3) is 3.05. The lowest BCUT2D eigenvalue weighted by molar-refractivity contribution is -0.0290. The van der Waals surface area contributed by atoms with Crippen molar-refractivity contribution in [1.82, 2.24) is 0 Å². The molecule has 0 aromatic heterocycles. The van der Waals surface area contributed by atoms with Crippen molar-refractivity contribution in [2.75, 3.05) is 0 Å². The van der Waals surface area contributed by atoms with E-state index in [4.69, 9.17) is 15.9 Å². The van der Waals surface area contributed by atoms with Crippen LogP contribution in [-0.4, -0.2) is 6.29 Å². The van der Waals surface area contributed by atoms with Gasteiger partial charge in [0.1, 0.15) is 12.2 Å². The molecule has 0 amide bonds. The van der Waals surface area contributed by atoms with Crippen molar-refractivity contribution < 1.29 is 9.47 Å². The maximum Gasteiger partial charge on any atom is 0.179 e. The predicted molar refractivity (Wildman–Crippen MR) is 82.3 cm³/mol. The number of hydrogen-bond donors (Lipinski definition) is 0. The van der Waals surface area contributed by atoms with E-state index >= 15 is 0 Å². The molecule has 1 heterocycles. The van der Waals surface area contributed by atoms with E-state index < -0.39 is 6.29 Å². The fourth-order valence-electron chi connectivity index (χ4n) is 2.48. The molecule has 2 heteroatoms. The molecule has 0 radical (unpaired) electrons. The van der Waals surface area contributed by atoms with Crippen molar-refractivity contribution in [3.05, 3.63) is 83.9 Å². The number of rotatable bonds is 3. The van der Waals surface area contributed by atoms with Gasteiger partial charge in [0.05, 0.1) is 0 Å². The molecule has 0 N–H and O–H groups in total. The molecule has 104 valence electrons. The van der Waals surface area contributed by atoms with E-state index in [1.807, 2.05) is 36.4 Å². The Morgan fingerprint density at radius 3 is 1.71 bits per heavy atom. The molecule has 0 aliphatic carbocycles. The molecule has 21 heavy (non-hydrogen) atoms. The molecule has 0 spiro atoms. The molecular formula is C19H16O2. The van der Waals surface area contributed by atoms with Crippen molar-refractivity contribution in [2.45, 2.75) is 18.5 Å². The van der Waals surface area contributed by atoms with Crippen LogP contribution in [0.5, 0.6) is 0 Å². The van der Waals surface area contributed by atoms with Crippen LogP contribution in [0.25, 0.3) is 0 Å². The van der Waals surface area contributed by atoms with E-state index in [-0.39, 0.29) is 12.2 Å². The van der Waals surface area contributed by atoms with Gasteiger partial charge in [-0.1, -0.05) is 66.6 Å². The first-order valence-corrected chi connectivity index (χ1v) is 6.92. The lowest BCUT2D eigenvalue weighted by Crippen LogP contribution is -2.06. The molecule has 1 fully saturated rings. The average molecular weight is 276 g/mol. The molecule has 1 aliphatic rings. The summed E-state index contributed by atoms with van der Waals surface area (Å²) >= 11 is 0. The molecule has 2 nitrogen and oxygen atoms in total. The van der Waals surface area contributed by atoms with Gasteiger partial charge in [-0.25, -0.2) is 0 Å². The van der Waals surface area contributed by atoms with E-state index in [0.29, 0.717) is 0 Å². The SMILES string of the molecule is C#C/C=C/C1O[C@H](c2ccccc2)[C@@H](c2ccccc2)O1. The number of hydrogen-bond acceptors (Lipinski definition) is 2. The first kappa shape index (κ1) is 13.6. The fraction of sp³-hybridized carbons (Fsp3) is 0.158.